The number of fused-ring (bicyclic) bond motifs is 1. The van der Waals surface area contributed by atoms with Gasteiger partial charge < -0.3 is 10.2 Å². The lowest BCUT2D eigenvalue weighted by molar-refractivity contribution is -0.132. The van der Waals surface area contributed by atoms with Crippen molar-refractivity contribution in [2.75, 3.05) is 18.4 Å². The van der Waals surface area contributed by atoms with Crippen molar-refractivity contribution < 1.29 is 9.59 Å². The molecule has 0 spiro atoms. The summed E-state index contributed by atoms with van der Waals surface area (Å²) in [6, 6.07) is 15.5. The average molecular weight is 336 g/mol. The van der Waals surface area contributed by atoms with Crippen LogP contribution >= 0.6 is 0 Å². The topological polar surface area (TPSA) is 78.1 Å². The minimum Gasteiger partial charge on any atom is -0.333 e. The molecule has 0 aliphatic rings. The zero-order valence-electron chi connectivity index (χ0n) is 14.0. The molecule has 0 fully saturated rings. The van der Waals surface area contributed by atoms with E-state index < -0.39 is 0 Å². The fourth-order valence-corrected chi connectivity index (χ4v) is 2.69. The summed E-state index contributed by atoms with van der Waals surface area (Å²) in [7, 11) is 0. The molecule has 1 heterocycles. The Morgan fingerprint density at radius 1 is 1.12 bits per heavy atom. The Hall–Kier alpha value is -3.15. The highest BCUT2D eigenvalue weighted by Crippen LogP contribution is 2.20. The van der Waals surface area contributed by atoms with Crippen LogP contribution in [0, 0.1) is 0 Å². The van der Waals surface area contributed by atoms with E-state index in [4.69, 9.17) is 0 Å². The average Bonchev–Trinajstić information content (AvgIpc) is 3.09. The maximum absolute atomic E-state index is 12.4. The van der Waals surface area contributed by atoms with Gasteiger partial charge in [0.1, 0.15) is 0 Å². The Balaban J connectivity index is 1.62. The number of benzene rings is 2. The number of carbonyl (C=O) groups excluding carboxylic acids is 2. The number of nitrogens with one attached hydrogen (secondary N) is 2. The molecule has 2 amide bonds. The Labute approximate surface area is 145 Å². The fraction of sp³-hybridized carbons (Fsp3) is 0.211. The van der Waals surface area contributed by atoms with E-state index in [-0.39, 0.29) is 18.4 Å². The summed E-state index contributed by atoms with van der Waals surface area (Å²) in [5.41, 5.74) is 2.57. The SMILES string of the molecule is CC(=O)N(CCc1ccccc1)CC(=O)Nc1cccc2cn[nH]c12. The first-order valence-electron chi connectivity index (χ1n) is 8.15. The van der Waals surface area contributed by atoms with Crippen LogP contribution in [-0.4, -0.2) is 40.0 Å². The van der Waals surface area contributed by atoms with E-state index in [0.29, 0.717) is 18.7 Å². The van der Waals surface area contributed by atoms with Crippen molar-refractivity contribution in [2.45, 2.75) is 13.3 Å². The first-order valence-corrected chi connectivity index (χ1v) is 8.15. The number of H-pyrrole nitrogens is 1. The van der Waals surface area contributed by atoms with Crippen molar-refractivity contribution in [3.63, 3.8) is 0 Å². The van der Waals surface area contributed by atoms with Gasteiger partial charge in [-0.15, -0.1) is 0 Å². The van der Waals surface area contributed by atoms with Crippen LogP contribution < -0.4 is 5.32 Å². The number of anilines is 1. The summed E-state index contributed by atoms with van der Waals surface area (Å²) in [5, 5.41) is 10.6. The van der Waals surface area contributed by atoms with E-state index >= 15 is 0 Å². The Bertz CT molecular complexity index is 873. The first-order chi connectivity index (χ1) is 12.1. The second-order valence-corrected chi connectivity index (χ2v) is 5.86. The maximum Gasteiger partial charge on any atom is 0.244 e. The summed E-state index contributed by atoms with van der Waals surface area (Å²) in [4.78, 5) is 25.8. The number of carbonyl (C=O) groups is 2. The van der Waals surface area contributed by atoms with Crippen LogP contribution in [0.4, 0.5) is 5.69 Å². The van der Waals surface area contributed by atoms with Crippen LogP contribution in [0.5, 0.6) is 0 Å². The van der Waals surface area contributed by atoms with Crippen molar-refractivity contribution in [1.29, 1.82) is 0 Å². The monoisotopic (exact) mass is 336 g/mol. The van der Waals surface area contributed by atoms with Gasteiger partial charge in [0.2, 0.25) is 11.8 Å². The molecule has 3 rings (SSSR count). The summed E-state index contributed by atoms with van der Waals surface area (Å²) in [6.45, 7) is 2.00. The predicted molar refractivity (Wildman–Crippen MR) is 97.1 cm³/mol. The van der Waals surface area contributed by atoms with Crippen molar-refractivity contribution in [3.8, 4) is 0 Å². The number of hydrogen-bond acceptors (Lipinski definition) is 3. The van der Waals surface area contributed by atoms with Crippen molar-refractivity contribution in [1.82, 2.24) is 15.1 Å². The number of para-hydroxylation sites is 1. The molecule has 3 aromatic rings. The van der Waals surface area contributed by atoms with Gasteiger partial charge in [-0.05, 0) is 18.1 Å². The minimum absolute atomic E-state index is 0.0205. The second kappa shape index (κ2) is 7.61. The second-order valence-electron chi connectivity index (χ2n) is 5.86. The lowest BCUT2D eigenvalue weighted by Crippen LogP contribution is -2.38. The summed E-state index contributed by atoms with van der Waals surface area (Å²) < 4.78 is 0. The highest BCUT2D eigenvalue weighted by Gasteiger charge is 2.15. The molecule has 2 aromatic carbocycles. The summed E-state index contributed by atoms with van der Waals surface area (Å²) in [5.74, 6) is -0.351. The van der Waals surface area contributed by atoms with Gasteiger partial charge in [0.05, 0.1) is 23.9 Å². The molecule has 0 saturated heterocycles. The number of aromatic amines is 1. The van der Waals surface area contributed by atoms with Crippen LogP contribution in [0.3, 0.4) is 0 Å². The molecule has 6 heteroatoms. The fourth-order valence-electron chi connectivity index (χ4n) is 2.69. The van der Waals surface area contributed by atoms with Crippen molar-refractivity contribution in [3.05, 3.63) is 60.3 Å². The molecule has 128 valence electrons. The van der Waals surface area contributed by atoms with Crippen LogP contribution in [0.2, 0.25) is 0 Å². The van der Waals surface area contributed by atoms with Crippen LogP contribution in [0.25, 0.3) is 10.9 Å². The third-order valence-electron chi connectivity index (χ3n) is 4.04. The van der Waals surface area contributed by atoms with Gasteiger partial charge in [-0.2, -0.15) is 5.10 Å². The van der Waals surface area contributed by atoms with E-state index in [1.807, 2.05) is 42.5 Å². The highest BCUT2D eigenvalue weighted by molar-refractivity contribution is 6.01. The molecule has 6 nitrogen and oxygen atoms in total. The van der Waals surface area contributed by atoms with Crippen LogP contribution in [-0.2, 0) is 16.0 Å². The van der Waals surface area contributed by atoms with Gasteiger partial charge in [-0.1, -0.05) is 42.5 Å². The standard InChI is InChI=1S/C19H20N4O2/c1-14(24)23(11-10-15-6-3-2-4-7-15)13-18(25)21-17-9-5-8-16-12-20-22-19(16)17/h2-9,12H,10-11,13H2,1H3,(H,20,22)(H,21,25). The zero-order valence-corrected chi connectivity index (χ0v) is 14.0. The molecule has 25 heavy (non-hydrogen) atoms. The number of aromatic nitrogens is 2. The van der Waals surface area contributed by atoms with Gasteiger partial charge in [0.15, 0.2) is 0 Å². The van der Waals surface area contributed by atoms with E-state index in [0.717, 1.165) is 16.5 Å². The Morgan fingerprint density at radius 2 is 1.92 bits per heavy atom. The van der Waals surface area contributed by atoms with E-state index in [9.17, 15) is 9.59 Å². The molecule has 0 aliphatic heterocycles. The molecular formula is C19H20N4O2. The minimum atomic E-state index is -0.231. The molecule has 2 N–H and O–H groups in total. The number of nitrogens with zero attached hydrogens (tertiary/aromatic N) is 2. The number of amides is 2. The van der Waals surface area contributed by atoms with Crippen LogP contribution in [0.1, 0.15) is 12.5 Å². The Morgan fingerprint density at radius 3 is 2.68 bits per heavy atom. The van der Waals surface area contributed by atoms with E-state index in [1.54, 1.807) is 17.2 Å². The maximum atomic E-state index is 12.4. The number of hydrogen-bond donors (Lipinski definition) is 2. The van der Waals surface area contributed by atoms with Gasteiger partial charge in [0, 0.05) is 18.9 Å². The smallest absolute Gasteiger partial charge is 0.244 e. The molecule has 0 radical (unpaired) electrons. The first kappa shape index (κ1) is 16.7. The van der Waals surface area contributed by atoms with Crippen LogP contribution in [0.15, 0.2) is 54.7 Å². The normalized spacial score (nSPS) is 10.6. The van der Waals surface area contributed by atoms with Gasteiger partial charge >= 0.3 is 0 Å². The third-order valence-corrected chi connectivity index (χ3v) is 4.04. The summed E-state index contributed by atoms with van der Waals surface area (Å²) >= 11 is 0. The molecule has 1 aromatic heterocycles. The van der Waals surface area contributed by atoms with Gasteiger partial charge in [-0.25, -0.2) is 0 Å². The highest BCUT2D eigenvalue weighted by atomic mass is 16.2. The lowest BCUT2D eigenvalue weighted by Gasteiger charge is -2.20. The van der Waals surface area contributed by atoms with E-state index in [2.05, 4.69) is 15.5 Å². The van der Waals surface area contributed by atoms with Gasteiger partial charge in [0.25, 0.3) is 0 Å². The molecule has 0 aliphatic carbocycles. The third kappa shape index (κ3) is 4.23. The Kier molecular flexibility index (Phi) is 5.09. The number of rotatable bonds is 6. The molecule has 0 unspecified atom stereocenters. The zero-order chi connectivity index (χ0) is 17.6. The molecule has 0 atom stereocenters. The van der Waals surface area contributed by atoms with Crippen molar-refractivity contribution in [2.24, 2.45) is 0 Å². The molecule has 0 bridgehead atoms. The summed E-state index contributed by atoms with van der Waals surface area (Å²) in [6.07, 6.45) is 2.41. The van der Waals surface area contributed by atoms with Gasteiger partial charge in [-0.3, -0.25) is 14.7 Å². The molecular weight excluding hydrogens is 316 g/mol. The van der Waals surface area contributed by atoms with E-state index in [1.165, 1.54) is 6.92 Å². The largest absolute Gasteiger partial charge is 0.333 e. The van der Waals surface area contributed by atoms with Crippen molar-refractivity contribution >= 4 is 28.4 Å². The lowest BCUT2D eigenvalue weighted by atomic mass is 10.1. The quantitative estimate of drug-likeness (QED) is 0.726. The predicted octanol–water partition coefficient (Wildman–Crippen LogP) is 2.59. The molecule has 0 saturated carbocycles.